The summed E-state index contributed by atoms with van der Waals surface area (Å²) in [6, 6.07) is 3.45. The summed E-state index contributed by atoms with van der Waals surface area (Å²) in [7, 11) is 0. The van der Waals surface area contributed by atoms with Gasteiger partial charge < -0.3 is 4.98 Å². The van der Waals surface area contributed by atoms with E-state index in [1.54, 1.807) is 12.4 Å². The Labute approximate surface area is 158 Å². The van der Waals surface area contributed by atoms with E-state index in [1.165, 1.54) is 12.4 Å². The third kappa shape index (κ3) is 3.49. The molecule has 28 heavy (non-hydrogen) atoms. The molecule has 1 N–H and O–H groups in total. The molecule has 0 radical (unpaired) electrons. The van der Waals surface area contributed by atoms with Crippen molar-refractivity contribution in [3.05, 3.63) is 80.0 Å². The molecule has 1 aliphatic rings. The van der Waals surface area contributed by atoms with E-state index >= 15 is 0 Å². The highest BCUT2D eigenvalue weighted by atomic mass is 19.1. The Morgan fingerprint density at radius 1 is 1.29 bits per heavy atom. The summed E-state index contributed by atoms with van der Waals surface area (Å²) in [4.78, 5) is 39.9. The zero-order valence-corrected chi connectivity index (χ0v) is 14.6. The maximum atomic E-state index is 14.1. The molecule has 0 fully saturated rings. The van der Waals surface area contributed by atoms with Gasteiger partial charge >= 0.3 is 0 Å². The first-order valence-corrected chi connectivity index (χ1v) is 8.54. The van der Waals surface area contributed by atoms with Crippen molar-refractivity contribution in [2.45, 2.75) is 19.5 Å². The fraction of sp³-hybridized carbons (Fsp3) is 0.222. The van der Waals surface area contributed by atoms with Crippen LogP contribution in [-0.4, -0.2) is 36.3 Å². The average molecular weight is 382 g/mol. The number of halogens is 1. The number of non-ortho nitro benzene ring substituents is 1. The quantitative estimate of drug-likeness (QED) is 0.540. The standard InChI is InChI=1S/C18H15FN6O3/c19-15-2-1-13(25(27)28)5-11(15)8-24-4-3-16-14(9-24)18(26)23-17(22-16)12-6-20-10-21-7-12/h1-2,5-7,10H,3-4,8-9H2,(H,22,23,26). The molecule has 0 bridgehead atoms. The van der Waals surface area contributed by atoms with E-state index in [4.69, 9.17) is 0 Å². The molecular weight excluding hydrogens is 367 g/mol. The molecule has 0 unspecified atom stereocenters. The fourth-order valence-corrected chi connectivity index (χ4v) is 3.21. The summed E-state index contributed by atoms with van der Waals surface area (Å²) in [6.45, 7) is 1.00. The lowest BCUT2D eigenvalue weighted by atomic mass is 10.1. The molecule has 2 aromatic heterocycles. The lowest BCUT2D eigenvalue weighted by Gasteiger charge is -2.27. The van der Waals surface area contributed by atoms with Crippen LogP contribution in [0.25, 0.3) is 11.4 Å². The lowest BCUT2D eigenvalue weighted by molar-refractivity contribution is -0.385. The normalized spacial score (nSPS) is 13.9. The highest BCUT2D eigenvalue weighted by Crippen LogP contribution is 2.22. The molecule has 1 aliphatic heterocycles. The zero-order chi connectivity index (χ0) is 19.7. The maximum absolute atomic E-state index is 14.1. The molecule has 3 heterocycles. The lowest BCUT2D eigenvalue weighted by Crippen LogP contribution is -2.35. The van der Waals surface area contributed by atoms with Crippen LogP contribution >= 0.6 is 0 Å². The van der Waals surface area contributed by atoms with Gasteiger partial charge in [-0.25, -0.2) is 19.3 Å². The number of benzene rings is 1. The third-order valence-corrected chi connectivity index (χ3v) is 4.62. The molecule has 0 aliphatic carbocycles. The van der Waals surface area contributed by atoms with Crippen molar-refractivity contribution in [2.75, 3.05) is 6.54 Å². The smallest absolute Gasteiger partial charge is 0.269 e. The molecule has 3 aromatic rings. The molecule has 0 amide bonds. The number of rotatable bonds is 4. The van der Waals surface area contributed by atoms with Crippen LogP contribution in [-0.2, 0) is 19.5 Å². The molecule has 0 saturated heterocycles. The predicted molar refractivity (Wildman–Crippen MR) is 96.8 cm³/mol. The number of nitro benzene ring substituents is 1. The van der Waals surface area contributed by atoms with Crippen LogP contribution in [0.2, 0.25) is 0 Å². The number of H-pyrrole nitrogens is 1. The van der Waals surface area contributed by atoms with Crippen LogP contribution < -0.4 is 5.56 Å². The van der Waals surface area contributed by atoms with Crippen LogP contribution in [0.4, 0.5) is 10.1 Å². The molecule has 9 nitrogen and oxygen atoms in total. The maximum Gasteiger partial charge on any atom is 0.269 e. The van der Waals surface area contributed by atoms with Crippen molar-refractivity contribution in [1.29, 1.82) is 0 Å². The van der Waals surface area contributed by atoms with Gasteiger partial charge in [0.1, 0.15) is 18.0 Å². The SMILES string of the molecule is O=c1[nH]c(-c2cncnc2)nc2c1CN(Cc1cc([N+](=O)[O-])ccc1F)CC2. The molecule has 142 valence electrons. The van der Waals surface area contributed by atoms with Crippen LogP contribution in [0.1, 0.15) is 16.8 Å². The van der Waals surface area contributed by atoms with Gasteiger partial charge in [-0.05, 0) is 6.07 Å². The van der Waals surface area contributed by atoms with Gasteiger partial charge in [0.15, 0.2) is 0 Å². The van der Waals surface area contributed by atoms with Crippen molar-refractivity contribution >= 4 is 5.69 Å². The summed E-state index contributed by atoms with van der Waals surface area (Å²) in [5, 5.41) is 10.9. The van der Waals surface area contributed by atoms with E-state index in [2.05, 4.69) is 19.9 Å². The highest BCUT2D eigenvalue weighted by Gasteiger charge is 2.23. The fourth-order valence-electron chi connectivity index (χ4n) is 3.21. The minimum atomic E-state index is -0.558. The van der Waals surface area contributed by atoms with Crippen LogP contribution in [0.5, 0.6) is 0 Å². The highest BCUT2D eigenvalue weighted by molar-refractivity contribution is 5.52. The van der Waals surface area contributed by atoms with E-state index in [0.717, 1.165) is 12.1 Å². The van der Waals surface area contributed by atoms with Gasteiger partial charge in [0.05, 0.1) is 21.7 Å². The zero-order valence-electron chi connectivity index (χ0n) is 14.6. The Morgan fingerprint density at radius 3 is 2.82 bits per heavy atom. The predicted octanol–water partition coefficient (Wildman–Crippen LogP) is 1.83. The van der Waals surface area contributed by atoms with Crippen molar-refractivity contribution in [3.8, 4) is 11.4 Å². The molecule has 0 atom stereocenters. The van der Waals surface area contributed by atoms with Crippen molar-refractivity contribution < 1.29 is 9.31 Å². The Morgan fingerprint density at radius 2 is 2.07 bits per heavy atom. The van der Waals surface area contributed by atoms with E-state index in [0.29, 0.717) is 35.6 Å². The van der Waals surface area contributed by atoms with Gasteiger partial charge in [-0.3, -0.25) is 19.8 Å². The summed E-state index contributed by atoms with van der Waals surface area (Å²) in [5.41, 5.74) is 1.59. The first-order chi connectivity index (χ1) is 13.5. The number of nitro groups is 1. The number of hydrogen-bond acceptors (Lipinski definition) is 7. The Kier molecular flexibility index (Phi) is 4.62. The molecule has 0 saturated carbocycles. The van der Waals surface area contributed by atoms with Crippen LogP contribution in [0.15, 0.2) is 41.7 Å². The molecule has 0 spiro atoms. The Balaban J connectivity index is 1.58. The van der Waals surface area contributed by atoms with Gasteiger partial charge in [0, 0.05) is 56.1 Å². The second-order valence-electron chi connectivity index (χ2n) is 6.46. The Bertz CT molecular complexity index is 1100. The number of nitrogens with zero attached hydrogens (tertiary/aromatic N) is 5. The van der Waals surface area contributed by atoms with Crippen LogP contribution in [0, 0.1) is 15.9 Å². The number of nitrogens with one attached hydrogen (secondary N) is 1. The topological polar surface area (TPSA) is 118 Å². The minimum Gasteiger partial charge on any atom is -0.306 e. The second kappa shape index (κ2) is 7.24. The monoisotopic (exact) mass is 382 g/mol. The number of fused-ring (bicyclic) bond motifs is 1. The molecular formula is C18H15FN6O3. The van der Waals surface area contributed by atoms with E-state index in [-0.39, 0.29) is 29.9 Å². The van der Waals surface area contributed by atoms with Crippen molar-refractivity contribution in [2.24, 2.45) is 0 Å². The summed E-state index contributed by atoms with van der Waals surface area (Å²) >= 11 is 0. The van der Waals surface area contributed by atoms with E-state index in [9.17, 15) is 19.3 Å². The van der Waals surface area contributed by atoms with Gasteiger partial charge in [0.2, 0.25) is 0 Å². The summed E-state index contributed by atoms with van der Waals surface area (Å²) in [5.74, 6) is -0.106. The van der Waals surface area contributed by atoms with Gasteiger partial charge in [-0.1, -0.05) is 0 Å². The number of aromatic amines is 1. The van der Waals surface area contributed by atoms with Crippen molar-refractivity contribution in [3.63, 3.8) is 0 Å². The summed E-state index contributed by atoms with van der Waals surface area (Å²) in [6.07, 6.45) is 5.04. The third-order valence-electron chi connectivity index (χ3n) is 4.62. The molecule has 4 rings (SSSR count). The summed E-state index contributed by atoms with van der Waals surface area (Å²) < 4.78 is 14.1. The average Bonchev–Trinajstić information content (AvgIpc) is 2.70. The first kappa shape index (κ1) is 17.9. The largest absolute Gasteiger partial charge is 0.306 e. The number of hydrogen-bond donors (Lipinski definition) is 1. The van der Waals surface area contributed by atoms with E-state index in [1.807, 2.05) is 4.90 Å². The van der Waals surface area contributed by atoms with Gasteiger partial charge in [0.25, 0.3) is 11.2 Å². The minimum absolute atomic E-state index is 0.164. The number of aromatic nitrogens is 4. The molecule has 10 heteroatoms. The van der Waals surface area contributed by atoms with Crippen molar-refractivity contribution in [1.82, 2.24) is 24.8 Å². The van der Waals surface area contributed by atoms with Gasteiger partial charge in [-0.2, -0.15) is 0 Å². The van der Waals surface area contributed by atoms with Gasteiger partial charge in [-0.15, -0.1) is 0 Å². The Hall–Kier alpha value is -3.53. The first-order valence-electron chi connectivity index (χ1n) is 8.54. The molecule has 1 aromatic carbocycles. The van der Waals surface area contributed by atoms with E-state index < -0.39 is 10.7 Å². The second-order valence-corrected chi connectivity index (χ2v) is 6.46. The van der Waals surface area contributed by atoms with Crippen LogP contribution in [0.3, 0.4) is 0 Å².